The van der Waals surface area contributed by atoms with E-state index >= 15 is 0 Å². The minimum atomic E-state index is -0.264. The third kappa shape index (κ3) is 3.59. The highest BCUT2D eigenvalue weighted by Crippen LogP contribution is 2.33. The van der Waals surface area contributed by atoms with Gasteiger partial charge in [-0.2, -0.15) is 5.10 Å². The van der Waals surface area contributed by atoms with Gasteiger partial charge in [0.2, 0.25) is 5.16 Å². The van der Waals surface area contributed by atoms with E-state index in [9.17, 15) is 4.79 Å². The second-order valence-electron chi connectivity index (χ2n) is 6.20. The number of hydrazone groups is 1. The largest absolute Gasteiger partial charge is 0.467 e. The molecule has 2 aromatic heterocycles. The lowest BCUT2D eigenvalue weighted by molar-refractivity contribution is -0.130. The Kier molecular flexibility index (Phi) is 4.68. The topological polar surface area (TPSA) is 103 Å². The van der Waals surface area contributed by atoms with Crippen LogP contribution in [0.15, 0.2) is 63.7 Å². The Morgan fingerprint density at radius 2 is 2.15 bits per heavy atom. The van der Waals surface area contributed by atoms with E-state index in [1.54, 1.807) is 6.26 Å². The van der Waals surface area contributed by atoms with E-state index in [0.29, 0.717) is 17.3 Å². The molecule has 1 aromatic carbocycles. The Morgan fingerprint density at radius 3 is 2.81 bits per heavy atom. The molecule has 3 aromatic rings. The van der Waals surface area contributed by atoms with Crippen LogP contribution in [0.2, 0.25) is 0 Å². The number of aryl methyl sites for hydroxylation is 1. The lowest BCUT2D eigenvalue weighted by atomic mass is 10.0. The van der Waals surface area contributed by atoms with Gasteiger partial charge in [-0.1, -0.05) is 41.6 Å². The number of nitrogens with zero attached hydrogens (tertiary/aromatic N) is 5. The molecule has 0 unspecified atom stereocenters. The summed E-state index contributed by atoms with van der Waals surface area (Å²) in [4.78, 5) is 12.8. The Bertz CT molecular complexity index is 964. The van der Waals surface area contributed by atoms with E-state index in [1.165, 1.54) is 33.3 Å². The first-order chi connectivity index (χ1) is 13.1. The molecule has 0 fully saturated rings. The number of carbonyl (C=O) groups is 1. The van der Waals surface area contributed by atoms with E-state index in [1.807, 2.05) is 43.3 Å². The smallest absolute Gasteiger partial charge is 0.253 e. The van der Waals surface area contributed by atoms with Gasteiger partial charge in [-0.25, -0.2) is 9.69 Å². The molecule has 0 bridgehead atoms. The average molecular weight is 382 g/mol. The Hall–Kier alpha value is -3.07. The van der Waals surface area contributed by atoms with Crippen LogP contribution in [-0.2, 0) is 4.79 Å². The quantitative estimate of drug-likeness (QED) is 0.537. The van der Waals surface area contributed by atoms with Crippen molar-refractivity contribution in [1.82, 2.24) is 19.9 Å². The van der Waals surface area contributed by atoms with Crippen LogP contribution in [0, 0.1) is 6.92 Å². The van der Waals surface area contributed by atoms with E-state index in [-0.39, 0.29) is 17.7 Å². The molecule has 1 atom stereocenters. The van der Waals surface area contributed by atoms with Gasteiger partial charge in [0.15, 0.2) is 0 Å². The van der Waals surface area contributed by atoms with Crippen LogP contribution in [0.1, 0.15) is 29.3 Å². The van der Waals surface area contributed by atoms with Crippen molar-refractivity contribution < 1.29 is 9.21 Å². The lowest BCUT2D eigenvalue weighted by Crippen LogP contribution is -2.28. The number of nitrogens with two attached hydrogens (primary N) is 1. The van der Waals surface area contributed by atoms with Crippen LogP contribution < -0.4 is 5.84 Å². The number of furan rings is 1. The van der Waals surface area contributed by atoms with E-state index < -0.39 is 0 Å². The maximum absolute atomic E-state index is 12.8. The predicted octanol–water partition coefficient (Wildman–Crippen LogP) is 2.36. The summed E-state index contributed by atoms with van der Waals surface area (Å²) in [5, 5.41) is 14.2. The Labute approximate surface area is 160 Å². The zero-order valence-corrected chi connectivity index (χ0v) is 15.5. The molecule has 0 saturated carbocycles. The Morgan fingerprint density at radius 1 is 1.33 bits per heavy atom. The number of aromatic nitrogens is 3. The molecule has 1 amide bonds. The highest BCUT2D eigenvalue weighted by Gasteiger charge is 2.34. The van der Waals surface area contributed by atoms with Gasteiger partial charge in [0.1, 0.15) is 18.1 Å². The van der Waals surface area contributed by atoms with E-state index in [4.69, 9.17) is 10.3 Å². The van der Waals surface area contributed by atoms with Crippen LogP contribution in [0.25, 0.3) is 0 Å². The number of benzene rings is 1. The van der Waals surface area contributed by atoms with Gasteiger partial charge in [-0.3, -0.25) is 4.79 Å². The SMILES string of the molecule is Cc1ccc(C2=NN(C(=O)CSc3nncn3N)[C@H](c3ccco3)C2)cc1. The first-order valence-corrected chi connectivity index (χ1v) is 9.38. The summed E-state index contributed by atoms with van der Waals surface area (Å²) in [5.41, 5.74) is 3.04. The van der Waals surface area contributed by atoms with Crippen molar-refractivity contribution >= 4 is 23.4 Å². The first-order valence-electron chi connectivity index (χ1n) is 8.39. The molecule has 8 nitrogen and oxygen atoms in total. The van der Waals surface area contributed by atoms with Crippen molar-refractivity contribution in [2.75, 3.05) is 11.6 Å². The number of carbonyl (C=O) groups excluding carboxylic acids is 1. The van der Waals surface area contributed by atoms with Gasteiger partial charge in [0, 0.05) is 6.42 Å². The molecule has 0 aliphatic carbocycles. The highest BCUT2D eigenvalue weighted by molar-refractivity contribution is 7.99. The second kappa shape index (κ2) is 7.28. The molecule has 0 spiro atoms. The third-order valence-electron chi connectivity index (χ3n) is 4.29. The monoisotopic (exact) mass is 382 g/mol. The van der Waals surface area contributed by atoms with Crippen LogP contribution in [-0.4, -0.2) is 37.3 Å². The number of rotatable bonds is 5. The number of thioether (sulfide) groups is 1. The van der Waals surface area contributed by atoms with Gasteiger partial charge in [0.05, 0.1) is 17.7 Å². The summed E-state index contributed by atoms with van der Waals surface area (Å²) in [7, 11) is 0. The lowest BCUT2D eigenvalue weighted by Gasteiger charge is -2.19. The maximum Gasteiger partial charge on any atom is 0.253 e. The summed E-state index contributed by atoms with van der Waals surface area (Å²) in [6, 6.07) is 11.5. The highest BCUT2D eigenvalue weighted by atomic mass is 32.2. The first kappa shape index (κ1) is 17.3. The van der Waals surface area contributed by atoms with Crippen molar-refractivity contribution in [2.24, 2.45) is 5.10 Å². The fraction of sp³-hybridized carbons (Fsp3) is 0.222. The molecule has 138 valence electrons. The molecule has 1 aliphatic heterocycles. The summed E-state index contributed by atoms with van der Waals surface area (Å²) < 4.78 is 6.83. The standard InChI is InChI=1S/C18H18N6O2S/c1-12-4-6-13(7-5-12)14-9-15(16-3-2-8-26-16)24(22-14)17(25)10-27-18-21-20-11-23(18)19/h2-8,11,15H,9-10,19H2,1H3/t15-/m0/s1. The average Bonchev–Trinajstić information content (AvgIpc) is 3.41. The molecule has 1 aliphatic rings. The molecule has 0 radical (unpaired) electrons. The van der Waals surface area contributed by atoms with Crippen LogP contribution in [0.5, 0.6) is 0 Å². The van der Waals surface area contributed by atoms with Crippen molar-refractivity contribution in [3.63, 3.8) is 0 Å². The molecule has 27 heavy (non-hydrogen) atoms. The van der Waals surface area contributed by atoms with E-state index in [2.05, 4.69) is 15.3 Å². The summed E-state index contributed by atoms with van der Waals surface area (Å²) in [5.74, 6) is 6.41. The molecule has 9 heteroatoms. The second-order valence-corrected chi connectivity index (χ2v) is 7.14. The maximum atomic E-state index is 12.8. The van der Waals surface area contributed by atoms with Gasteiger partial charge >= 0.3 is 0 Å². The fourth-order valence-corrected chi connectivity index (χ4v) is 3.58. The molecule has 2 N–H and O–H groups in total. The van der Waals surface area contributed by atoms with Crippen molar-refractivity contribution in [1.29, 1.82) is 0 Å². The van der Waals surface area contributed by atoms with E-state index in [0.717, 1.165) is 11.3 Å². The van der Waals surface area contributed by atoms with Gasteiger partial charge in [-0.15, -0.1) is 10.2 Å². The van der Waals surface area contributed by atoms with Crippen molar-refractivity contribution in [2.45, 2.75) is 24.5 Å². The molecular weight excluding hydrogens is 364 g/mol. The summed E-state index contributed by atoms with van der Waals surface area (Å²) >= 11 is 1.22. The number of amides is 1. The Balaban J connectivity index is 1.56. The minimum absolute atomic E-state index is 0.147. The summed E-state index contributed by atoms with van der Waals surface area (Å²) in [6.07, 6.45) is 3.59. The zero-order chi connectivity index (χ0) is 18.8. The van der Waals surface area contributed by atoms with Gasteiger partial charge in [0.25, 0.3) is 5.91 Å². The van der Waals surface area contributed by atoms with Crippen molar-refractivity contribution in [3.05, 3.63) is 65.9 Å². The van der Waals surface area contributed by atoms with Gasteiger partial charge in [-0.05, 0) is 24.6 Å². The number of hydrogen-bond donors (Lipinski definition) is 1. The molecular formula is C18H18N6O2S. The number of hydrogen-bond acceptors (Lipinski definition) is 7. The molecule has 4 rings (SSSR count). The molecule has 0 saturated heterocycles. The molecule has 3 heterocycles. The van der Waals surface area contributed by atoms with Crippen LogP contribution in [0.3, 0.4) is 0 Å². The number of nitrogen functional groups attached to an aromatic ring is 1. The van der Waals surface area contributed by atoms with Crippen molar-refractivity contribution in [3.8, 4) is 0 Å². The zero-order valence-electron chi connectivity index (χ0n) is 14.6. The minimum Gasteiger partial charge on any atom is -0.467 e. The van der Waals surface area contributed by atoms with Gasteiger partial charge < -0.3 is 10.3 Å². The van der Waals surface area contributed by atoms with Crippen LogP contribution >= 0.6 is 11.8 Å². The normalized spacial score (nSPS) is 16.6. The fourth-order valence-electron chi connectivity index (χ4n) is 2.89. The third-order valence-corrected chi connectivity index (χ3v) is 5.23. The van der Waals surface area contributed by atoms with Crippen LogP contribution in [0.4, 0.5) is 0 Å². The predicted molar refractivity (Wildman–Crippen MR) is 102 cm³/mol. The summed E-state index contributed by atoms with van der Waals surface area (Å²) in [6.45, 7) is 2.04.